The number of fused-ring (bicyclic) bond motifs is 1. The Morgan fingerprint density at radius 3 is 2.33 bits per heavy atom. The number of imidazole rings is 1. The molecular weight excluding hydrogens is 378 g/mol. The summed E-state index contributed by atoms with van der Waals surface area (Å²) in [5.74, 6) is -0.125. The van der Waals surface area contributed by atoms with E-state index in [1.54, 1.807) is 23.6 Å². The van der Waals surface area contributed by atoms with Gasteiger partial charge in [0.25, 0.3) is 0 Å². The molecule has 0 bridgehead atoms. The van der Waals surface area contributed by atoms with Crippen molar-refractivity contribution in [2.75, 3.05) is 7.05 Å². The van der Waals surface area contributed by atoms with Crippen LogP contribution >= 0.6 is 0 Å². The number of carbonyl (C=O) groups is 1. The first kappa shape index (κ1) is 19.7. The van der Waals surface area contributed by atoms with Crippen molar-refractivity contribution in [1.82, 2.24) is 23.8 Å². The number of hydrogen-bond donors (Lipinski definition) is 0. The summed E-state index contributed by atoms with van der Waals surface area (Å²) in [4.78, 5) is 27.2. The second-order valence-corrected chi connectivity index (χ2v) is 7.56. The lowest BCUT2D eigenvalue weighted by Crippen LogP contribution is -2.34. The molecule has 0 N–H and O–H groups in total. The van der Waals surface area contributed by atoms with Crippen LogP contribution in [-0.2, 0) is 24.9 Å². The quantitative estimate of drug-likeness (QED) is 0.515. The van der Waals surface area contributed by atoms with Crippen molar-refractivity contribution in [3.05, 3.63) is 82.0 Å². The van der Waals surface area contributed by atoms with E-state index in [1.807, 2.05) is 73.1 Å². The zero-order valence-electron chi connectivity index (χ0n) is 17.7. The van der Waals surface area contributed by atoms with Crippen molar-refractivity contribution in [2.45, 2.75) is 26.9 Å². The van der Waals surface area contributed by atoms with E-state index in [4.69, 9.17) is 0 Å². The lowest BCUT2D eigenvalue weighted by molar-refractivity contribution is -0.131. The van der Waals surface area contributed by atoms with Gasteiger partial charge in [-0.3, -0.25) is 13.9 Å². The van der Waals surface area contributed by atoms with Crippen molar-refractivity contribution < 1.29 is 4.79 Å². The van der Waals surface area contributed by atoms with Crippen LogP contribution in [0.2, 0.25) is 0 Å². The highest BCUT2D eigenvalue weighted by Crippen LogP contribution is 2.19. The molecule has 4 aromatic rings. The fourth-order valence-electron chi connectivity index (χ4n) is 3.82. The number of carbonyl (C=O) groups excluding carboxylic acids is 1. The van der Waals surface area contributed by atoms with E-state index < -0.39 is 0 Å². The average Bonchev–Trinajstić information content (AvgIpc) is 3.17. The van der Waals surface area contributed by atoms with Crippen molar-refractivity contribution in [3.63, 3.8) is 0 Å². The number of aryl methyl sites for hydroxylation is 2. The maximum atomic E-state index is 13.0. The SMILES string of the molecule is Cc1nn(-c2ccccc2)c(C)c1CN(C)C(=O)Cn1c(=O)n(C)c2ccccc21. The minimum atomic E-state index is -0.192. The molecule has 2 aromatic heterocycles. The number of para-hydroxylation sites is 3. The minimum absolute atomic E-state index is 0.00159. The molecule has 30 heavy (non-hydrogen) atoms. The Kier molecular flexibility index (Phi) is 5.03. The molecule has 154 valence electrons. The molecule has 0 saturated carbocycles. The highest BCUT2D eigenvalue weighted by Gasteiger charge is 2.19. The number of rotatable bonds is 5. The Labute approximate surface area is 174 Å². The smallest absolute Gasteiger partial charge is 0.329 e. The summed E-state index contributed by atoms with van der Waals surface area (Å²) in [7, 11) is 3.48. The van der Waals surface area contributed by atoms with Crippen LogP contribution in [0.5, 0.6) is 0 Å². The van der Waals surface area contributed by atoms with Crippen LogP contribution in [0, 0.1) is 13.8 Å². The molecule has 0 atom stereocenters. The maximum absolute atomic E-state index is 13.0. The van der Waals surface area contributed by atoms with E-state index in [0.717, 1.165) is 33.7 Å². The van der Waals surface area contributed by atoms with E-state index >= 15 is 0 Å². The normalized spacial score (nSPS) is 11.2. The van der Waals surface area contributed by atoms with Gasteiger partial charge in [0.2, 0.25) is 5.91 Å². The summed E-state index contributed by atoms with van der Waals surface area (Å²) in [5, 5.41) is 4.66. The lowest BCUT2D eigenvalue weighted by Gasteiger charge is -2.18. The Morgan fingerprint density at radius 2 is 1.63 bits per heavy atom. The zero-order valence-corrected chi connectivity index (χ0v) is 17.7. The largest absolute Gasteiger partial charge is 0.340 e. The van der Waals surface area contributed by atoms with Crippen molar-refractivity contribution in [1.29, 1.82) is 0 Å². The Morgan fingerprint density at radius 1 is 1.00 bits per heavy atom. The first-order chi connectivity index (χ1) is 14.4. The molecule has 0 unspecified atom stereocenters. The van der Waals surface area contributed by atoms with E-state index in [1.165, 1.54) is 4.57 Å². The highest BCUT2D eigenvalue weighted by molar-refractivity contribution is 5.80. The number of nitrogens with zero attached hydrogens (tertiary/aromatic N) is 5. The molecule has 7 nitrogen and oxygen atoms in total. The molecule has 0 fully saturated rings. The van der Waals surface area contributed by atoms with Crippen LogP contribution < -0.4 is 5.69 Å². The summed E-state index contributed by atoms with van der Waals surface area (Å²) in [5.41, 5.74) is 5.27. The van der Waals surface area contributed by atoms with Crippen LogP contribution in [-0.4, -0.2) is 36.8 Å². The number of likely N-dealkylation sites (N-methyl/N-ethyl adjacent to an activating group) is 1. The fraction of sp³-hybridized carbons (Fsp3) is 0.261. The molecule has 0 aliphatic heterocycles. The zero-order chi connectivity index (χ0) is 21.4. The number of hydrogen-bond acceptors (Lipinski definition) is 3. The first-order valence-corrected chi connectivity index (χ1v) is 9.87. The van der Waals surface area contributed by atoms with Crippen molar-refractivity contribution in [2.24, 2.45) is 7.05 Å². The van der Waals surface area contributed by atoms with Gasteiger partial charge in [0, 0.05) is 31.9 Å². The van der Waals surface area contributed by atoms with Crippen LogP contribution in [0.3, 0.4) is 0 Å². The maximum Gasteiger partial charge on any atom is 0.329 e. The van der Waals surface area contributed by atoms with E-state index in [0.29, 0.717) is 6.54 Å². The van der Waals surface area contributed by atoms with Gasteiger partial charge in [0.1, 0.15) is 6.54 Å². The van der Waals surface area contributed by atoms with E-state index in [-0.39, 0.29) is 18.1 Å². The van der Waals surface area contributed by atoms with Crippen LogP contribution in [0.4, 0.5) is 0 Å². The Bertz CT molecular complexity index is 1280. The molecule has 0 radical (unpaired) electrons. The molecule has 7 heteroatoms. The van der Waals surface area contributed by atoms with Crippen molar-refractivity contribution in [3.8, 4) is 5.69 Å². The highest BCUT2D eigenvalue weighted by atomic mass is 16.2. The predicted molar refractivity (Wildman–Crippen MR) is 117 cm³/mol. The third-order valence-electron chi connectivity index (χ3n) is 5.61. The molecule has 0 aliphatic rings. The number of benzene rings is 2. The summed E-state index contributed by atoms with van der Waals surface area (Å²) in [6.07, 6.45) is 0. The van der Waals surface area contributed by atoms with Crippen LogP contribution in [0.15, 0.2) is 59.4 Å². The second-order valence-electron chi connectivity index (χ2n) is 7.56. The van der Waals surface area contributed by atoms with Crippen LogP contribution in [0.1, 0.15) is 17.0 Å². The molecule has 2 heterocycles. The summed E-state index contributed by atoms with van der Waals surface area (Å²) < 4.78 is 5.00. The molecule has 0 aliphatic carbocycles. The van der Waals surface area contributed by atoms with Gasteiger partial charge in [-0.1, -0.05) is 30.3 Å². The van der Waals surface area contributed by atoms with Crippen LogP contribution in [0.25, 0.3) is 16.7 Å². The molecular formula is C23H25N5O2. The summed E-state index contributed by atoms with van der Waals surface area (Å²) >= 11 is 0. The molecule has 4 rings (SSSR count). The predicted octanol–water partition coefficient (Wildman–Crippen LogP) is 2.80. The van der Waals surface area contributed by atoms with E-state index in [2.05, 4.69) is 5.10 Å². The lowest BCUT2D eigenvalue weighted by atomic mass is 10.2. The Balaban J connectivity index is 1.58. The molecule has 0 spiro atoms. The average molecular weight is 403 g/mol. The fourth-order valence-corrected chi connectivity index (χ4v) is 3.82. The van der Waals surface area contributed by atoms with Gasteiger partial charge >= 0.3 is 5.69 Å². The van der Waals surface area contributed by atoms with Crippen molar-refractivity contribution >= 4 is 16.9 Å². The number of amides is 1. The second kappa shape index (κ2) is 7.67. The van der Waals surface area contributed by atoms with Gasteiger partial charge in [-0.25, -0.2) is 9.48 Å². The summed E-state index contributed by atoms with van der Waals surface area (Å²) in [6.45, 7) is 4.40. The molecule has 2 aromatic carbocycles. The molecule has 1 amide bonds. The first-order valence-electron chi connectivity index (χ1n) is 9.87. The topological polar surface area (TPSA) is 65.1 Å². The monoisotopic (exact) mass is 403 g/mol. The standard InChI is InChI=1S/C23H25N5O2/c1-16-19(17(2)28(24-16)18-10-6-5-7-11-18)14-25(3)22(29)15-27-21-13-9-8-12-20(21)26(4)23(27)30/h5-13H,14-15H2,1-4H3. The van der Waals surface area contributed by atoms with Gasteiger partial charge in [0.15, 0.2) is 0 Å². The third kappa shape index (κ3) is 3.32. The van der Waals surface area contributed by atoms with Gasteiger partial charge in [0.05, 0.1) is 22.4 Å². The summed E-state index contributed by atoms with van der Waals surface area (Å²) in [6, 6.07) is 17.4. The van der Waals surface area contributed by atoms with Gasteiger partial charge in [-0.2, -0.15) is 5.10 Å². The molecule has 0 saturated heterocycles. The third-order valence-corrected chi connectivity index (χ3v) is 5.61. The van der Waals surface area contributed by atoms with Gasteiger partial charge in [-0.05, 0) is 38.1 Å². The van der Waals surface area contributed by atoms with E-state index in [9.17, 15) is 9.59 Å². The Hall–Kier alpha value is -3.61. The minimum Gasteiger partial charge on any atom is -0.340 e. The van der Waals surface area contributed by atoms with Gasteiger partial charge in [-0.15, -0.1) is 0 Å². The van der Waals surface area contributed by atoms with Gasteiger partial charge < -0.3 is 4.90 Å². The number of aromatic nitrogens is 4.